The van der Waals surface area contributed by atoms with Gasteiger partial charge in [-0.15, -0.1) is 0 Å². The second kappa shape index (κ2) is 21.4. The number of hydrogen-bond donors (Lipinski definition) is 6. The molecule has 2 unspecified atom stereocenters. The number of aliphatic hydroxyl groups excluding tert-OH is 3. The van der Waals surface area contributed by atoms with Crippen molar-refractivity contribution >= 4 is 23.8 Å². The minimum absolute atomic E-state index is 0.0961. The van der Waals surface area contributed by atoms with E-state index in [1.165, 1.54) is 6.92 Å². The second-order valence-corrected chi connectivity index (χ2v) is 11.7. The third-order valence-electron chi connectivity index (χ3n) is 7.56. The summed E-state index contributed by atoms with van der Waals surface area (Å²) in [4.78, 5) is 44.8. The van der Waals surface area contributed by atoms with Crippen molar-refractivity contribution in [3.63, 3.8) is 0 Å². The van der Waals surface area contributed by atoms with E-state index in [4.69, 9.17) is 24.4 Å². The Hall–Kier alpha value is -2.32. The molecule has 1 fully saturated rings. The molecule has 1 rings (SSSR count). The number of ether oxygens (including phenoxy) is 3. The molecule has 0 aromatic rings. The van der Waals surface area contributed by atoms with Gasteiger partial charge < -0.3 is 45.1 Å². The van der Waals surface area contributed by atoms with E-state index in [1.807, 2.05) is 13.8 Å². The maximum absolute atomic E-state index is 11.7. The van der Waals surface area contributed by atoms with Crippen LogP contribution in [0.2, 0.25) is 0 Å². The second-order valence-electron chi connectivity index (χ2n) is 11.7. The Morgan fingerprint density at radius 1 is 0.744 bits per heavy atom. The minimum Gasteiger partial charge on any atom is -0.481 e. The van der Waals surface area contributed by atoms with Gasteiger partial charge in [-0.2, -0.15) is 0 Å². The summed E-state index contributed by atoms with van der Waals surface area (Å²) in [6.45, 7) is 5.00. The van der Waals surface area contributed by atoms with Gasteiger partial charge in [0.2, 0.25) is 5.91 Å². The predicted molar refractivity (Wildman–Crippen MR) is 155 cm³/mol. The van der Waals surface area contributed by atoms with Crippen LogP contribution in [0.1, 0.15) is 111 Å². The summed E-state index contributed by atoms with van der Waals surface area (Å²) in [6.07, 6.45) is 3.34. The van der Waals surface area contributed by atoms with Gasteiger partial charge in [0.05, 0.1) is 18.9 Å². The van der Waals surface area contributed by atoms with E-state index in [0.29, 0.717) is 6.42 Å². The number of esters is 1. The number of unbranched alkanes of at least 4 members (excludes halogenated alkanes) is 9. The first kappa shape index (κ1) is 38.7. The van der Waals surface area contributed by atoms with Crippen LogP contribution in [0.5, 0.6) is 0 Å². The van der Waals surface area contributed by atoms with Crippen LogP contribution in [0, 0.1) is 5.92 Å². The number of carbonyl (C=O) groups excluding carboxylic acids is 2. The van der Waals surface area contributed by atoms with Crippen LogP contribution in [-0.2, 0) is 33.4 Å². The molecule has 1 saturated heterocycles. The zero-order valence-corrected chi connectivity index (χ0v) is 25.8. The molecule has 0 spiro atoms. The summed E-state index contributed by atoms with van der Waals surface area (Å²) < 4.78 is 16.7. The summed E-state index contributed by atoms with van der Waals surface area (Å²) in [5.41, 5.74) is 0. The summed E-state index contributed by atoms with van der Waals surface area (Å²) in [5, 5.41) is 51.0. The highest BCUT2D eigenvalue weighted by atomic mass is 16.7. The zero-order valence-electron chi connectivity index (χ0n) is 25.8. The molecule has 7 atom stereocenters. The third-order valence-corrected chi connectivity index (χ3v) is 7.56. The highest BCUT2D eigenvalue weighted by Gasteiger charge is 2.45. The number of carboxylic acid groups (broad SMARTS) is 2. The van der Waals surface area contributed by atoms with Gasteiger partial charge in [-0.1, -0.05) is 71.6 Å². The number of aliphatic hydroxyl groups is 3. The Labute approximate surface area is 254 Å². The summed E-state index contributed by atoms with van der Waals surface area (Å²) >= 11 is 0. The predicted octanol–water partition coefficient (Wildman–Crippen LogP) is 2.51. The molecule has 0 aliphatic carbocycles. The van der Waals surface area contributed by atoms with Crippen LogP contribution in [0.3, 0.4) is 0 Å². The summed E-state index contributed by atoms with van der Waals surface area (Å²) in [6, 6.07) is -0.864. The third kappa shape index (κ3) is 16.4. The van der Waals surface area contributed by atoms with Gasteiger partial charge in [0, 0.05) is 6.42 Å². The number of amides is 1. The van der Waals surface area contributed by atoms with Crippen LogP contribution >= 0.6 is 0 Å². The number of carbonyl (C=O) groups is 4. The quantitative estimate of drug-likeness (QED) is 0.0720. The molecular formula is C30H53NO12. The van der Waals surface area contributed by atoms with Gasteiger partial charge in [0.15, 0.2) is 6.29 Å². The van der Waals surface area contributed by atoms with Crippen LogP contribution in [0.25, 0.3) is 0 Å². The topological polar surface area (TPSA) is 209 Å². The number of nitrogens with one attached hydrogen (secondary N) is 1. The van der Waals surface area contributed by atoms with Crippen molar-refractivity contribution in [2.45, 2.75) is 154 Å². The van der Waals surface area contributed by atoms with Crippen molar-refractivity contribution in [2.75, 3.05) is 6.61 Å². The fourth-order valence-electron chi connectivity index (χ4n) is 4.77. The molecular weight excluding hydrogens is 566 g/mol. The monoisotopic (exact) mass is 619 g/mol. The average Bonchev–Trinajstić information content (AvgIpc) is 2.94. The van der Waals surface area contributed by atoms with Gasteiger partial charge in [0.1, 0.15) is 37.1 Å². The van der Waals surface area contributed by atoms with Gasteiger partial charge in [0.25, 0.3) is 0 Å². The molecule has 250 valence electrons. The molecule has 0 radical (unpaired) electrons. The van der Waals surface area contributed by atoms with Crippen molar-refractivity contribution in [3.05, 3.63) is 0 Å². The van der Waals surface area contributed by atoms with E-state index in [-0.39, 0.29) is 24.3 Å². The lowest BCUT2D eigenvalue weighted by atomic mass is 9.97. The lowest BCUT2D eigenvalue weighted by Crippen LogP contribution is -2.60. The first-order chi connectivity index (χ1) is 20.3. The van der Waals surface area contributed by atoms with Crippen LogP contribution in [0.15, 0.2) is 0 Å². The number of carboxylic acids is 2. The van der Waals surface area contributed by atoms with Gasteiger partial charge in [-0.25, -0.2) is 0 Å². The van der Waals surface area contributed by atoms with E-state index >= 15 is 0 Å². The Kier molecular flexibility index (Phi) is 19.3. The lowest BCUT2D eigenvalue weighted by molar-refractivity contribution is -0.315. The van der Waals surface area contributed by atoms with Crippen molar-refractivity contribution in [3.8, 4) is 0 Å². The van der Waals surface area contributed by atoms with Crippen molar-refractivity contribution in [1.29, 1.82) is 0 Å². The molecule has 1 aliphatic heterocycles. The Morgan fingerprint density at radius 3 is 1.84 bits per heavy atom. The molecule has 0 aromatic carbocycles. The maximum Gasteiger partial charge on any atom is 0.325 e. The number of aliphatic carboxylic acids is 2. The minimum atomic E-state index is -1.57. The van der Waals surface area contributed by atoms with E-state index in [9.17, 15) is 34.5 Å². The molecule has 43 heavy (non-hydrogen) atoms. The van der Waals surface area contributed by atoms with Crippen LogP contribution < -0.4 is 5.32 Å². The first-order valence-corrected chi connectivity index (χ1v) is 15.6. The largest absolute Gasteiger partial charge is 0.481 e. The van der Waals surface area contributed by atoms with Crippen molar-refractivity contribution in [2.24, 2.45) is 5.92 Å². The number of hydrogen-bond acceptors (Lipinski definition) is 10. The molecule has 1 heterocycles. The summed E-state index contributed by atoms with van der Waals surface area (Å²) in [7, 11) is 0. The molecule has 0 aromatic heterocycles. The fourth-order valence-corrected chi connectivity index (χ4v) is 4.77. The van der Waals surface area contributed by atoms with Crippen molar-refractivity contribution < 1.29 is 58.9 Å². The zero-order chi connectivity index (χ0) is 32.4. The Morgan fingerprint density at radius 2 is 1.30 bits per heavy atom. The lowest BCUT2D eigenvalue weighted by Gasteiger charge is -2.41. The maximum atomic E-state index is 11.7. The highest BCUT2D eigenvalue weighted by Crippen LogP contribution is 2.27. The number of rotatable bonds is 23. The van der Waals surface area contributed by atoms with E-state index < -0.39 is 67.7 Å². The van der Waals surface area contributed by atoms with Crippen molar-refractivity contribution in [1.82, 2.24) is 5.32 Å². The van der Waals surface area contributed by atoms with Gasteiger partial charge >= 0.3 is 17.9 Å². The van der Waals surface area contributed by atoms with E-state index in [2.05, 4.69) is 5.32 Å². The smallest absolute Gasteiger partial charge is 0.325 e. The van der Waals surface area contributed by atoms with Gasteiger partial charge in [-0.05, 0) is 25.7 Å². The SMILES string of the molecule is CC(NC(=O)CCCCCCCCCCCCC(O[C@@H]1O[C@H](COC(=O)CCC(=O)O)[C@@H](O)[C@H](O)[C@H]1O)C(C)C)C(=O)O. The standard InChI is InChI=1S/C30H53NO12/c1-19(2)21(14-12-10-8-6-4-5-7-9-11-13-15-23(32)31-20(3)29(39)40)42-30-28(38)27(37)26(36)22(43-30)18-41-25(35)17-16-24(33)34/h19-22,26-28,30,36-38H,4-18H2,1-3H3,(H,31,32)(H,33,34)(H,39,40)/t20?,21?,22-,26-,27+,28-,30-/m1/s1. The average molecular weight is 620 g/mol. The summed E-state index contributed by atoms with van der Waals surface area (Å²) in [5.74, 6) is -3.08. The Bertz CT molecular complexity index is 838. The normalized spacial score (nSPS) is 23.5. The first-order valence-electron chi connectivity index (χ1n) is 15.6. The fraction of sp³-hybridized carbons (Fsp3) is 0.867. The molecule has 1 amide bonds. The van der Waals surface area contributed by atoms with Gasteiger partial charge in [-0.3, -0.25) is 19.2 Å². The molecule has 13 nitrogen and oxygen atoms in total. The van der Waals surface area contributed by atoms with E-state index in [0.717, 1.165) is 70.6 Å². The molecule has 1 aliphatic rings. The van der Waals surface area contributed by atoms with E-state index in [1.54, 1.807) is 0 Å². The molecule has 0 saturated carbocycles. The van der Waals surface area contributed by atoms with Crippen LogP contribution in [-0.4, -0.2) is 98.8 Å². The van der Waals surface area contributed by atoms with Crippen LogP contribution in [0.4, 0.5) is 0 Å². The Balaban J connectivity index is 2.26. The molecule has 6 N–H and O–H groups in total. The molecule has 0 bridgehead atoms. The molecule has 13 heteroatoms. The highest BCUT2D eigenvalue weighted by molar-refractivity contribution is 5.83.